The van der Waals surface area contributed by atoms with Crippen LogP contribution in [-0.4, -0.2) is 18.1 Å². The second-order valence-corrected chi connectivity index (χ2v) is 4.68. The van der Waals surface area contributed by atoms with Crippen molar-refractivity contribution in [2.45, 2.75) is 33.6 Å². The number of hydrogen-bond donors (Lipinski definition) is 1. The zero-order chi connectivity index (χ0) is 14.5. The average Bonchev–Trinajstić information content (AvgIpc) is 2.42. The van der Waals surface area contributed by atoms with Gasteiger partial charge in [-0.05, 0) is 38.0 Å². The monoisotopic (exact) mass is 276 g/mol. The Hall–Kier alpha value is -1.84. The SMILES string of the molecule is CCCc1cc2cc(OCC)c(F)cc2nc1NCC. The van der Waals surface area contributed by atoms with Gasteiger partial charge in [0.1, 0.15) is 5.82 Å². The molecule has 108 valence electrons. The van der Waals surface area contributed by atoms with Crippen LogP contribution in [0.2, 0.25) is 0 Å². The summed E-state index contributed by atoms with van der Waals surface area (Å²) in [6, 6.07) is 5.25. The van der Waals surface area contributed by atoms with E-state index in [2.05, 4.69) is 23.3 Å². The third-order valence-electron chi connectivity index (χ3n) is 3.11. The molecule has 1 heterocycles. The fraction of sp³-hybridized carbons (Fsp3) is 0.438. The maximum absolute atomic E-state index is 13.9. The Bertz CT molecular complexity index is 599. The average molecular weight is 276 g/mol. The van der Waals surface area contributed by atoms with Gasteiger partial charge in [-0.3, -0.25) is 0 Å². The van der Waals surface area contributed by atoms with Crippen molar-refractivity contribution in [1.29, 1.82) is 0 Å². The molecule has 4 heteroatoms. The van der Waals surface area contributed by atoms with Gasteiger partial charge in [-0.25, -0.2) is 9.37 Å². The van der Waals surface area contributed by atoms with E-state index in [-0.39, 0.29) is 5.82 Å². The van der Waals surface area contributed by atoms with Gasteiger partial charge in [0.15, 0.2) is 11.6 Å². The second kappa shape index (κ2) is 6.55. The molecular weight excluding hydrogens is 255 g/mol. The number of benzene rings is 1. The molecule has 1 N–H and O–H groups in total. The minimum Gasteiger partial charge on any atom is -0.491 e. The van der Waals surface area contributed by atoms with Gasteiger partial charge in [0.2, 0.25) is 0 Å². The van der Waals surface area contributed by atoms with Crippen molar-refractivity contribution in [1.82, 2.24) is 4.98 Å². The van der Waals surface area contributed by atoms with E-state index in [1.54, 1.807) is 6.07 Å². The predicted molar refractivity (Wildman–Crippen MR) is 81.0 cm³/mol. The molecule has 0 spiro atoms. The summed E-state index contributed by atoms with van der Waals surface area (Å²) in [5.74, 6) is 0.781. The lowest BCUT2D eigenvalue weighted by Gasteiger charge is -2.12. The molecule has 1 aromatic carbocycles. The van der Waals surface area contributed by atoms with Crippen molar-refractivity contribution >= 4 is 16.7 Å². The number of anilines is 1. The third kappa shape index (κ3) is 3.00. The summed E-state index contributed by atoms with van der Waals surface area (Å²) in [7, 11) is 0. The van der Waals surface area contributed by atoms with Crippen LogP contribution in [0.1, 0.15) is 32.8 Å². The summed E-state index contributed by atoms with van der Waals surface area (Å²) in [5.41, 5.74) is 1.82. The molecule has 0 atom stereocenters. The van der Waals surface area contributed by atoms with Gasteiger partial charge >= 0.3 is 0 Å². The molecule has 0 aliphatic rings. The molecule has 0 aliphatic heterocycles. The Morgan fingerprint density at radius 3 is 2.65 bits per heavy atom. The minimum absolute atomic E-state index is 0.292. The minimum atomic E-state index is -0.363. The molecule has 0 amide bonds. The quantitative estimate of drug-likeness (QED) is 0.860. The Balaban J connectivity index is 2.54. The zero-order valence-corrected chi connectivity index (χ0v) is 12.3. The first-order chi connectivity index (χ1) is 9.69. The molecule has 0 radical (unpaired) electrons. The Morgan fingerprint density at radius 1 is 1.20 bits per heavy atom. The van der Waals surface area contributed by atoms with E-state index in [9.17, 15) is 4.39 Å². The molecule has 2 aromatic rings. The number of aromatic nitrogens is 1. The second-order valence-electron chi connectivity index (χ2n) is 4.68. The van der Waals surface area contributed by atoms with Crippen LogP contribution >= 0.6 is 0 Å². The number of aryl methyl sites for hydroxylation is 1. The lowest BCUT2D eigenvalue weighted by molar-refractivity contribution is 0.322. The number of hydrogen-bond acceptors (Lipinski definition) is 3. The Kier molecular flexibility index (Phi) is 4.77. The first kappa shape index (κ1) is 14.6. The summed E-state index contributed by atoms with van der Waals surface area (Å²) in [5, 5.41) is 4.16. The molecule has 2 rings (SSSR count). The van der Waals surface area contributed by atoms with E-state index >= 15 is 0 Å². The van der Waals surface area contributed by atoms with Crippen molar-refractivity contribution < 1.29 is 9.13 Å². The highest BCUT2D eigenvalue weighted by Gasteiger charge is 2.10. The number of nitrogens with zero attached hydrogens (tertiary/aromatic N) is 1. The van der Waals surface area contributed by atoms with Gasteiger partial charge < -0.3 is 10.1 Å². The number of ether oxygens (including phenoxy) is 1. The molecular formula is C16H21FN2O. The number of rotatable bonds is 6. The van der Waals surface area contributed by atoms with Crippen molar-refractivity contribution in [3.8, 4) is 5.75 Å². The van der Waals surface area contributed by atoms with Crippen molar-refractivity contribution in [3.63, 3.8) is 0 Å². The number of halogens is 1. The van der Waals surface area contributed by atoms with Crippen molar-refractivity contribution in [2.75, 3.05) is 18.5 Å². The summed E-state index contributed by atoms with van der Waals surface area (Å²) in [6.45, 7) is 7.26. The van der Waals surface area contributed by atoms with Gasteiger partial charge in [-0.1, -0.05) is 13.3 Å². The first-order valence-corrected chi connectivity index (χ1v) is 7.19. The van der Waals surface area contributed by atoms with Crippen LogP contribution in [-0.2, 0) is 6.42 Å². The highest BCUT2D eigenvalue weighted by molar-refractivity contribution is 5.83. The van der Waals surface area contributed by atoms with Gasteiger partial charge in [-0.2, -0.15) is 0 Å². The highest BCUT2D eigenvalue weighted by atomic mass is 19.1. The molecule has 0 saturated heterocycles. The van der Waals surface area contributed by atoms with Gasteiger partial charge in [0.25, 0.3) is 0 Å². The molecule has 0 aliphatic carbocycles. The Labute approximate surface area is 119 Å². The van der Waals surface area contributed by atoms with E-state index in [0.717, 1.165) is 36.2 Å². The van der Waals surface area contributed by atoms with E-state index < -0.39 is 0 Å². The lowest BCUT2D eigenvalue weighted by atomic mass is 10.1. The predicted octanol–water partition coefficient (Wildman–Crippen LogP) is 4.16. The maximum Gasteiger partial charge on any atom is 0.167 e. The molecule has 0 saturated carbocycles. The fourth-order valence-electron chi connectivity index (χ4n) is 2.27. The number of nitrogens with one attached hydrogen (secondary N) is 1. The van der Waals surface area contributed by atoms with E-state index in [0.29, 0.717) is 17.9 Å². The van der Waals surface area contributed by atoms with Gasteiger partial charge in [0.05, 0.1) is 12.1 Å². The molecule has 0 unspecified atom stereocenters. The van der Waals surface area contributed by atoms with Crippen LogP contribution in [0.3, 0.4) is 0 Å². The van der Waals surface area contributed by atoms with Crippen LogP contribution in [0.5, 0.6) is 5.75 Å². The van der Waals surface area contributed by atoms with Crippen LogP contribution in [0.4, 0.5) is 10.2 Å². The largest absolute Gasteiger partial charge is 0.491 e. The fourth-order valence-corrected chi connectivity index (χ4v) is 2.27. The summed E-state index contributed by atoms with van der Waals surface area (Å²) in [4.78, 5) is 4.54. The lowest BCUT2D eigenvalue weighted by Crippen LogP contribution is -2.04. The smallest absolute Gasteiger partial charge is 0.167 e. The van der Waals surface area contributed by atoms with Crippen LogP contribution in [0.15, 0.2) is 18.2 Å². The molecule has 20 heavy (non-hydrogen) atoms. The summed E-state index contributed by atoms with van der Waals surface area (Å²) >= 11 is 0. The summed E-state index contributed by atoms with van der Waals surface area (Å²) in [6.07, 6.45) is 2.00. The van der Waals surface area contributed by atoms with E-state index in [4.69, 9.17) is 4.74 Å². The third-order valence-corrected chi connectivity index (χ3v) is 3.11. The summed E-state index contributed by atoms with van der Waals surface area (Å²) < 4.78 is 19.2. The molecule has 0 fully saturated rings. The number of fused-ring (bicyclic) bond motifs is 1. The molecule has 3 nitrogen and oxygen atoms in total. The van der Waals surface area contributed by atoms with Crippen LogP contribution < -0.4 is 10.1 Å². The molecule has 0 bridgehead atoms. The van der Waals surface area contributed by atoms with Crippen LogP contribution in [0, 0.1) is 5.82 Å². The van der Waals surface area contributed by atoms with E-state index in [1.807, 2.05) is 13.8 Å². The van der Waals surface area contributed by atoms with E-state index in [1.165, 1.54) is 6.07 Å². The Morgan fingerprint density at radius 2 is 2.00 bits per heavy atom. The topological polar surface area (TPSA) is 34.1 Å². The van der Waals surface area contributed by atoms with Crippen LogP contribution in [0.25, 0.3) is 10.9 Å². The van der Waals surface area contributed by atoms with Crippen molar-refractivity contribution in [3.05, 3.63) is 29.6 Å². The first-order valence-electron chi connectivity index (χ1n) is 7.19. The van der Waals surface area contributed by atoms with Gasteiger partial charge in [0, 0.05) is 18.0 Å². The van der Waals surface area contributed by atoms with Crippen molar-refractivity contribution in [2.24, 2.45) is 0 Å². The maximum atomic E-state index is 13.9. The standard InChI is InChI=1S/C16H21FN2O/c1-4-7-11-8-12-9-15(20-6-3)13(17)10-14(12)19-16(11)18-5-2/h8-10H,4-7H2,1-3H3,(H,18,19). The normalized spacial score (nSPS) is 10.8. The number of pyridine rings is 1. The highest BCUT2D eigenvalue weighted by Crippen LogP contribution is 2.27. The van der Waals surface area contributed by atoms with Gasteiger partial charge in [-0.15, -0.1) is 0 Å². The zero-order valence-electron chi connectivity index (χ0n) is 12.3. The molecule has 1 aromatic heterocycles.